The van der Waals surface area contributed by atoms with E-state index >= 15 is 0 Å². The first-order valence-corrected chi connectivity index (χ1v) is 6.35. The summed E-state index contributed by atoms with van der Waals surface area (Å²) in [5.74, 6) is 0. The van der Waals surface area contributed by atoms with E-state index < -0.39 is 0 Å². The van der Waals surface area contributed by atoms with E-state index in [1.807, 2.05) is 4.81 Å². The number of hydrogen-bond acceptors (Lipinski definition) is 2. The Balaban J connectivity index is 1.86. The zero-order chi connectivity index (χ0) is 10.9. The molecule has 0 saturated carbocycles. The summed E-state index contributed by atoms with van der Waals surface area (Å²) in [5, 5.41) is 0. The molecule has 0 unspecified atom stereocenters. The van der Waals surface area contributed by atoms with Gasteiger partial charge >= 0.3 is 0 Å². The maximum Gasteiger partial charge on any atom is 0.182 e. The molecule has 0 aromatic rings. The van der Waals surface area contributed by atoms with Crippen LogP contribution in [0.25, 0.3) is 0 Å². The van der Waals surface area contributed by atoms with Crippen molar-refractivity contribution in [1.82, 2.24) is 9.71 Å². The van der Waals surface area contributed by atoms with Crippen LogP contribution in [0.4, 0.5) is 0 Å². The van der Waals surface area contributed by atoms with Crippen LogP contribution in [0.3, 0.4) is 0 Å². The predicted molar refractivity (Wildman–Crippen MR) is 64.9 cm³/mol. The maximum absolute atomic E-state index is 5.82. The summed E-state index contributed by atoms with van der Waals surface area (Å²) in [6.07, 6.45) is 5.41. The van der Waals surface area contributed by atoms with Gasteiger partial charge in [0.25, 0.3) is 0 Å². The molecule has 2 aliphatic rings. The molecule has 3 heteroatoms. The lowest BCUT2D eigenvalue weighted by Crippen LogP contribution is -2.47. The predicted octanol–water partition coefficient (Wildman–Crippen LogP) is 1.66. The number of piperidine rings is 2. The normalized spacial score (nSPS) is 28.7. The molecule has 0 atom stereocenters. The van der Waals surface area contributed by atoms with Crippen LogP contribution in [0, 0.1) is 5.41 Å². The third kappa shape index (κ3) is 2.56. The van der Waals surface area contributed by atoms with E-state index in [0.717, 1.165) is 19.1 Å². The van der Waals surface area contributed by atoms with Gasteiger partial charge in [-0.05, 0) is 71.1 Å². The van der Waals surface area contributed by atoms with Crippen molar-refractivity contribution in [3.05, 3.63) is 0 Å². The molecule has 2 radical (unpaired) electrons. The van der Waals surface area contributed by atoms with E-state index in [0.29, 0.717) is 5.41 Å². The zero-order valence-electron chi connectivity index (χ0n) is 10.2. The van der Waals surface area contributed by atoms with E-state index in [4.69, 9.17) is 7.98 Å². The van der Waals surface area contributed by atoms with Crippen LogP contribution in [0.5, 0.6) is 0 Å². The molecule has 0 bridgehead atoms. The van der Waals surface area contributed by atoms with Gasteiger partial charge in [0.05, 0.1) is 0 Å². The first-order valence-electron chi connectivity index (χ1n) is 6.35. The van der Waals surface area contributed by atoms with Gasteiger partial charge < -0.3 is 9.71 Å². The molecule has 1 spiro atoms. The third-order valence-corrected chi connectivity index (χ3v) is 4.45. The third-order valence-electron chi connectivity index (χ3n) is 4.45. The number of rotatable bonds is 1. The SMILES string of the molecule is [B]N1CCC2(CC1)CCN(C(C)C)CC2. The highest BCUT2D eigenvalue weighted by Gasteiger charge is 2.36. The first kappa shape index (κ1) is 11.5. The largest absolute Gasteiger partial charge is 0.353 e. The van der Waals surface area contributed by atoms with Crippen LogP contribution < -0.4 is 0 Å². The summed E-state index contributed by atoms with van der Waals surface area (Å²) in [4.78, 5) is 4.60. The standard InChI is InChI=1S/C12H23BN2/c1-11(2)14-7-3-12(4-8-14)5-9-15(13)10-6-12/h11H,3-10H2,1-2H3. The monoisotopic (exact) mass is 206 g/mol. The minimum absolute atomic E-state index is 0.640. The molecule has 2 fully saturated rings. The molecule has 84 valence electrons. The fourth-order valence-corrected chi connectivity index (χ4v) is 3.01. The van der Waals surface area contributed by atoms with Crippen LogP contribution in [-0.4, -0.2) is 49.9 Å². The minimum Gasteiger partial charge on any atom is -0.353 e. The summed E-state index contributed by atoms with van der Waals surface area (Å²) >= 11 is 0. The molecule has 0 N–H and O–H groups in total. The van der Waals surface area contributed by atoms with E-state index in [9.17, 15) is 0 Å². The first-order chi connectivity index (χ1) is 7.11. The molecular weight excluding hydrogens is 183 g/mol. The van der Waals surface area contributed by atoms with E-state index in [1.165, 1.54) is 38.8 Å². The molecule has 0 aromatic heterocycles. The summed E-state index contributed by atoms with van der Waals surface area (Å²) in [6.45, 7) is 9.40. The Bertz CT molecular complexity index is 200. The summed E-state index contributed by atoms with van der Waals surface area (Å²) < 4.78 is 0. The van der Waals surface area contributed by atoms with E-state index in [2.05, 4.69) is 18.7 Å². The molecule has 15 heavy (non-hydrogen) atoms. The Morgan fingerprint density at radius 3 is 1.87 bits per heavy atom. The summed E-state index contributed by atoms with van der Waals surface area (Å²) in [6, 6.07) is 0.719. The van der Waals surface area contributed by atoms with Gasteiger partial charge in [-0.2, -0.15) is 0 Å². The number of likely N-dealkylation sites (tertiary alicyclic amines) is 1. The van der Waals surface area contributed by atoms with Crippen LogP contribution in [0.2, 0.25) is 0 Å². The van der Waals surface area contributed by atoms with Gasteiger partial charge in [-0.25, -0.2) is 0 Å². The van der Waals surface area contributed by atoms with Crippen LogP contribution in [0.15, 0.2) is 0 Å². The maximum atomic E-state index is 5.82. The second-order valence-electron chi connectivity index (χ2n) is 5.67. The Hall–Kier alpha value is -0.0151. The van der Waals surface area contributed by atoms with Crippen molar-refractivity contribution < 1.29 is 0 Å². The van der Waals surface area contributed by atoms with Gasteiger partial charge in [-0.15, -0.1) is 0 Å². The van der Waals surface area contributed by atoms with E-state index in [1.54, 1.807) is 0 Å². The smallest absolute Gasteiger partial charge is 0.182 e. The molecule has 2 heterocycles. The fourth-order valence-electron chi connectivity index (χ4n) is 3.01. The molecular formula is C12H23BN2. The lowest BCUT2D eigenvalue weighted by Gasteiger charge is -2.47. The van der Waals surface area contributed by atoms with Crippen molar-refractivity contribution in [2.45, 2.75) is 45.6 Å². The molecule has 0 aromatic carbocycles. The average Bonchev–Trinajstić information content (AvgIpc) is 2.24. The molecule has 2 rings (SSSR count). The van der Waals surface area contributed by atoms with Crippen molar-refractivity contribution in [3.8, 4) is 0 Å². The lowest BCUT2D eigenvalue weighted by molar-refractivity contribution is 0.0436. The second kappa shape index (κ2) is 4.46. The Morgan fingerprint density at radius 2 is 1.40 bits per heavy atom. The van der Waals surface area contributed by atoms with Crippen molar-refractivity contribution in [2.75, 3.05) is 26.2 Å². The number of nitrogens with zero attached hydrogens (tertiary/aromatic N) is 2. The van der Waals surface area contributed by atoms with Crippen molar-refractivity contribution >= 4 is 7.98 Å². The Labute approximate surface area is 95.4 Å². The van der Waals surface area contributed by atoms with Gasteiger partial charge in [-0.3, -0.25) is 0 Å². The molecule has 2 saturated heterocycles. The zero-order valence-corrected chi connectivity index (χ0v) is 10.2. The molecule has 2 aliphatic heterocycles. The van der Waals surface area contributed by atoms with Gasteiger partial charge in [-0.1, -0.05) is 0 Å². The van der Waals surface area contributed by atoms with Gasteiger partial charge in [0.1, 0.15) is 0 Å². The van der Waals surface area contributed by atoms with Crippen molar-refractivity contribution in [3.63, 3.8) is 0 Å². The van der Waals surface area contributed by atoms with E-state index in [-0.39, 0.29) is 0 Å². The number of hydrogen-bond donors (Lipinski definition) is 0. The topological polar surface area (TPSA) is 6.48 Å². The van der Waals surface area contributed by atoms with Crippen LogP contribution in [-0.2, 0) is 0 Å². The highest BCUT2D eigenvalue weighted by atomic mass is 15.2. The van der Waals surface area contributed by atoms with Gasteiger partial charge in [0.15, 0.2) is 7.98 Å². The van der Waals surface area contributed by atoms with Crippen LogP contribution in [0.1, 0.15) is 39.5 Å². The van der Waals surface area contributed by atoms with Gasteiger partial charge in [0.2, 0.25) is 0 Å². The summed E-state index contributed by atoms with van der Waals surface area (Å²) in [7, 11) is 5.82. The highest BCUT2D eigenvalue weighted by molar-refractivity contribution is 6.04. The molecule has 0 amide bonds. The average molecular weight is 206 g/mol. The summed E-state index contributed by atoms with van der Waals surface area (Å²) in [5.41, 5.74) is 0.640. The fraction of sp³-hybridized carbons (Fsp3) is 1.00. The van der Waals surface area contributed by atoms with Crippen molar-refractivity contribution in [1.29, 1.82) is 0 Å². The van der Waals surface area contributed by atoms with Crippen molar-refractivity contribution in [2.24, 2.45) is 5.41 Å². The lowest BCUT2D eigenvalue weighted by atomic mass is 9.70. The minimum atomic E-state index is 0.640. The Kier molecular flexibility index (Phi) is 3.41. The highest BCUT2D eigenvalue weighted by Crippen LogP contribution is 2.41. The molecule has 0 aliphatic carbocycles. The van der Waals surface area contributed by atoms with Gasteiger partial charge in [0, 0.05) is 6.04 Å². The van der Waals surface area contributed by atoms with Crippen LogP contribution >= 0.6 is 0 Å². The molecule has 2 nitrogen and oxygen atoms in total. The quantitative estimate of drug-likeness (QED) is 0.602. The Morgan fingerprint density at radius 1 is 0.933 bits per heavy atom. The second-order valence-corrected chi connectivity index (χ2v) is 5.67.